The molecule has 0 saturated carbocycles. The van der Waals surface area contributed by atoms with Crippen molar-refractivity contribution >= 4 is 51.9 Å². The van der Waals surface area contributed by atoms with Gasteiger partial charge in [-0.25, -0.2) is 28.2 Å². The molecule has 21 heteroatoms. The molecule has 2 saturated heterocycles. The fourth-order valence-corrected chi connectivity index (χ4v) is 11.0. The van der Waals surface area contributed by atoms with E-state index in [2.05, 4.69) is 10.4 Å². The smallest absolute Gasteiger partial charge is 0.422 e. The first-order valence-corrected chi connectivity index (χ1v) is 28.3. The molecule has 0 unspecified atom stereocenters. The molecule has 12 rings (SSSR count). The number of benzene rings is 6. The Morgan fingerprint density at radius 3 is 1.59 bits per heavy atom. The zero-order chi connectivity index (χ0) is 60.2. The third-order valence-electron chi connectivity index (χ3n) is 15.2. The summed E-state index contributed by atoms with van der Waals surface area (Å²) in [6.45, 7) is 8.27. The molecule has 8 aromatic rings. The third-order valence-corrected chi connectivity index (χ3v) is 15.2. The highest BCUT2D eigenvalue weighted by Gasteiger charge is 2.40. The summed E-state index contributed by atoms with van der Waals surface area (Å²) >= 11 is 0. The topological polar surface area (TPSA) is 223 Å². The Morgan fingerprint density at radius 2 is 1.08 bits per heavy atom. The van der Waals surface area contributed by atoms with E-state index in [1.165, 1.54) is 35.4 Å². The van der Waals surface area contributed by atoms with E-state index in [4.69, 9.17) is 29.7 Å². The number of amides is 5. The van der Waals surface area contributed by atoms with Gasteiger partial charge in [0.05, 0.1) is 24.2 Å². The first-order valence-electron chi connectivity index (χ1n) is 28.3. The number of halogens is 2. The molecule has 4 aliphatic rings. The molecule has 0 aliphatic carbocycles. The van der Waals surface area contributed by atoms with E-state index in [1.807, 2.05) is 60.7 Å². The monoisotopic (exact) mass is 1170 g/mol. The first kappa shape index (κ1) is 58.1. The molecule has 0 radical (unpaired) electrons. The molecule has 0 spiro atoms. The number of phenols is 1. The molecular weight excluding hydrogens is 1100 g/mol. The molecule has 5 amide bonds. The van der Waals surface area contributed by atoms with Crippen LogP contribution in [0.15, 0.2) is 146 Å². The number of carbonyl (C=O) groups excluding carboxylic acids is 5. The van der Waals surface area contributed by atoms with Crippen molar-refractivity contribution in [3.05, 3.63) is 202 Å². The average molecular weight is 1170 g/mol. The van der Waals surface area contributed by atoms with Crippen molar-refractivity contribution in [3.8, 4) is 23.0 Å². The van der Waals surface area contributed by atoms with Gasteiger partial charge in [0, 0.05) is 92.7 Å². The number of nitrogens with one attached hydrogen (secondary N) is 1. The van der Waals surface area contributed by atoms with Gasteiger partial charge in [-0.2, -0.15) is 0 Å². The summed E-state index contributed by atoms with van der Waals surface area (Å²) < 4.78 is 51.4. The number of piperazine rings is 1. The van der Waals surface area contributed by atoms with Crippen LogP contribution in [0.3, 0.4) is 0 Å². The minimum atomic E-state index is -0.645. The zero-order valence-corrected chi connectivity index (χ0v) is 47.6. The second-order valence-corrected chi connectivity index (χ2v) is 22.4. The molecule has 6 heterocycles. The van der Waals surface area contributed by atoms with Crippen molar-refractivity contribution in [2.45, 2.75) is 77.5 Å². The fourth-order valence-electron chi connectivity index (χ4n) is 11.0. The number of pyridine rings is 2. The SMILES string of the molecule is CC(C)(C)OC(=O)NN1CCN(C(=O)Oc2c3c(c(OC(c4ccccc4)c4ccccc4)c4ncccc24)C(=O)N(Cc2ccc(F)cc2)C3)CC1.NC1CCN(C(=O)Oc2c3c(c(O)c4ncccc24)C(=O)N(Cc2ccc(F)cc2)C3)CC1. The fraction of sp³-hybridized carbons (Fsp3) is 0.277. The number of hydrogen-bond acceptors (Lipinski definition) is 14. The summed E-state index contributed by atoms with van der Waals surface area (Å²) in [6.07, 6.45) is 2.21. The minimum Gasteiger partial charge on any atom is -0.505 e. The van der Waals surface area contributed by atoms with Gasteiger partial charge in [0.25, 0.3) is 11.8 Å². The quantitative estimate of drug-likeness (QED) is 0.110. The first-order chi connectivity index (χ1) is 41.5. The highest BCUT2D eigenvalue weighted by atomic mass is 19.1. The van der Waals surface area contributed by atoms with E-state index in [1.54, 1.807) is 95.2 Å². The van der Waals surface area contributed by atoms with Gasteiger partial charge in [-0.3, -0.25) is 25.0 Å². The number of likely N-dealkylation sites (tertiary alicyclic amines) is 1. The van der Waals surface area contributed by atoms with Crippen molar-refractivity contribution in [2.75, 3.05) is 39.3 Å². The van der Waals surface area contributed by atoms with E-state index in [0.29, 0.717) is 66.4 Å². The maximum atomic E-state index is 14.5. The van der Waals surface area contributed by atoms with Crippen LogP contribution in [-0.2, 0) is 30.9 Å². The molecular formula is C65H63F2N9O10. The standard InChI is InChI=1S/C41H40FN5O6.C24H23FN4O4/c1-41(2,3)53-39(49)44-47-23-21-45(22-24-47)40(50)52-36-31-15-10-20-43-34(31)37(51-35(28-11-6-4-7-12-28)29-13-8-5-9-14-29)33-32(36)26-46(38(33)48)25-27-16-18-30(42)19-17-27;25-15-5-3-14(4-6-15)12-29-13-18-19(23(29)31)21(30)20-17(2-1-9-27-20)22(18)33-24(32)28-10-7-16(26)8-11-28/h4-20,35H,21-26H2,1-3H3,(H,44,49);1-6,9,16,30H,7-8,10-13,26H2. The van der Waals surface area contributed by atoms with Crippen LogP contribution in [0.4, 0.5) is 23.2 Å². The lowest BCUT2D eigenvalue weighted by Gasteiger charge is -2.34. The molecule has 442 valence electrons. The second-order valence-electron chi connectivity index (χ2n) is 22.4. The zero-order valence-electron chi connectivity index (χ0n) is 47.6. The van der Waals surface area contributed by atoms with Crippen LogP contribution in [-0.4, -0.2) is 121 Å². The largest absolute Gasteiger partial charge is 0.505 e. The summed E-state index contributed by atoms with van der Waals surface area (Å²) in [4.78, 5) is 82.0. The molecule has 6 aromatic carbocycles. The van der Waals surface area contributed by atoms with Gasteiger partial charge in [-0.05, 0) is 104 Å². The number of rotatable bonds is 11. The minimum absolute atomic E-state index is 0.0645. The third kappa shape index (κ3) is 12.7. The number of phenolic OH excluding ortho intramolecular Hbond substituents is 1. The van der Waals surface area contributed by atoms with E-state index in [0.717, 1.165) is 22.3 Å². The van der Waals surface area contributed by atoms with Gasteiger partial charge in [0.15, 0.2) is 11.5 Å². The Bertz CT molecular complexity index is 3800. The predicted molar refractivity (Wildman–Crippen MR) is 314 cm³/mol. The maximum absolute atomic E-state index is 14.5. The Kier molecular flexibility index (Phi) is 16.8. The van der Waals surface area contributed by atoms with E-state index >= 15 is 0 Å². The van der Waals surface area contributed by atoms with Crippen molar-refractivity contribution in [2.24, 2.45) is 5.73 Å². The van der Waals surface area contributed by atoms with Crippen LogP contribution in [0.2, 0.25) is 0 Å². The van der Waals surface area contributed by atoms with Gasteiger partial charge in [0.1, 0.15) is 45.9 Å². The van der Waals surface area contributed by atoms with Crippen LogP contribution in [0.5, 0.6) is 23.0 Å². The normalized spacial score (nSPS) is 15.3. The number of piperidine rings is 1. The van der Waals surface area contributed by atoms with Crippen molar-refractivity contribution in [1.29, 1.82) is 0 Å². The van der Waals surface area contributed by atoms with Gasteiger partial charge in [0.2, 0.25) is 0 Å². The number of hydrazine groups is 1. The number of carbonyl (C=O) groups is 5. The lowest BCUT2D eigenvalue weighted by Crippen LogP contribution is -2.55. The Balaban J connectivity index is 0.000000199. The Morgan fingerprint density at radius 1 is 0.616 bits per heavy atom. The summed E-state index contributed by atoms with van der Waals surface area (Å²) in [7, 11) is 0. The highest BCUT2D eigenvalue weighted by molar-refractivity contribution is 6.10. The summed E-state index contributed by atoms with van der Waals surface area (Å²) in [6, 6.07) is 38.3. The molecule has 4 aliphatic heterocycles. The summed E-state index contributed by atoms with van der Waals surface area (Å²) in [5, 5.41) is 13.5. The number of nitrogens with two attached hydrogens (primary N) is 1. The molecule has 2 aromatic heterocycles. The molecule has 86 heavy (non-hydrogen) atoms. The molecule has 0 atom stereocenters. The van der Waals surface area contributed by atoms with Gasteiger partial charge < -0.3 is 49.4 Å². The van der Waals surface area contributed by atoms with Crippen molar-refractivity contribution in [1.82, 2.24) is 40.0 Å². The maximum Gasteiger partial charge on any atom is 0.422 e. The summed E-state index contributed by atoms with van der Waals surface area (Å²) in [5.41, 5.74) is 13.1. The lowest BCUT2D eigenvalue weighted by atomic mass is 9.99. The van der Waals surface area contributed by atoms with E-state index in [9.17, 15) is 37.9 Å². The number of nitrogens with zero attached hydrogens (tertiary/aromatic N) is 7. The van der Waals surface area contributed by atoms with Crippen LogP contribution >= 0.6 is 0 Å². The number of fused-ring (bicyclic) bond motifs is 4. The van der Waals surface area contributed by atoms with Crippen LogP contribution in [0, 0.1) is 11.6 Å². The van der Waals surface area contributed by atoms with Crippen LogP contribution < -0.4 is 25.4 Å². The predicted octanol–water partition coefficient (Wildman–Crippen LogP) is 10.4. The second kappa shape index (κ2) is 24.8. The van der Waals surface area contributed by atoms with E-state index in [-0.39, 0.29) is 102 Å². The Labute approximate surface area is 494 Å². The number of hydrogen-bond donors (Lipinski definition) is 3. The molecule has 4 N–H and O–H groups in total. The summed E-state index contributed by atoms with van der Waals surface area (Å²) in [5.74, 6) is -0.982. The number of aromatic nitrogens is 2. The highest BCUT2D eigenvalue weighted by Crippen LogP contribution is 2.48. The average Bonchev–Trinajstić information content (AvgIpc) is 1.55. The molecule has 0 bridgehead atoms. The molecule has 19 nitrogen and oxygen atoms in total. The number of ether oxygens (including phenoxy) is 4. The van der Waals surface area contributed by atoms with Gasteiger partial charge in [-0.1, -0.05) is 84.9 Å². The van der Waals surface area contributed by atoms with Crippen molar-refractivity contribution < 1.29 is 56.8 Å². The number of aromatic hydroxyl groups is 1. The van der Waals surface area contributed by atoms with Crippen LogP contribution in [0.25, 0.3) is 21.8 Å². The van der Waals surface area contributed by atoms with Crippen LogP contribution in [0.1, 0.15) is 93.8 Å². The Hall–Kier alpha value is -9.73. The van der Waals surface area contributed by atoms with Gasteiger partial charge >= 0.3 is 18.3 Å². The van der Waals surface area contributed by atoms with E-state index < -0.39 is 35.9 Å². The lowest BCUT2D eigenvalue weighted by molar-refractivity contribution is 0.0236. The van der Waals surface area contributed by atoms with Gasteiger partial charge in [-0.15, -0.1) is 0 Å². The van der Waals surface area contributed by atoms with Crippen molar-refractivity contribution in [3.63, 3.8) is 0 Å². The molecule has 2 fully saturated rings.